The van der Waals surface area contributed by atoms with Crippen molar-refractivity contribution in [1.29, 1.82) is 0 Å². The lowest BCUT2D eigenvalue weighted by molar-refractivity contribution is -0.385. The topological polar surface area (TPSA) is 81.5 Å². The first kappa shape index (κ1) is 18.4. The van der Waals surface area contributed by atoms with Crippen molar-refractivity contribution in [2.45, 2.75) is 33.2 Å². The Morgan fingerprint density at radius 1 is 1.20 bits per heavy atom. The number of hydrogen-bond acceptors (Lipinski definition) is 4. The predicted octanol–water partition coefficient (Wildman–Crippen LogP) is 4.18. The van der Waals surface area contributed by atoms with Crippen molar-refractivity contribution in [2.75, 3.05) is 6.61 Å². The highest BCUT2D eigenvalue weighted by Gasteiger charge is 2.20. The van der Waals surface area contributed by atoms with Gasteiger partial charge in [0.2, 0.25) is 0 Å². The van der Waals surface area contributed by atoms with Gasteiger partial charge in [-0.05, 0) is 38.0 Å². The number of nitro groups is 1. The maximum absolute atomic E-state index is 12.5. The number of benzene rings is 2. The minimum atomic E-state index is -0.543. The maximum atomic E-state index is 12.5. The number of rotatable bonds is 7. The fourth-order valence-corrected chi connectivity index (χ4v) is 2.54. The summed E-state index contributed by atoms with van der Waals surface area (Å²) in [4.78, 5) is 23.2. The van der Waals surface area contributed by atoms with E-state index in [4.69, 9.17) is 4.74 Å². The van der Waals surface area contributed by atoms with Gasteiger partial charge in [-0.3, -0.25) is 14.9 Å². The molecular formula is C19H22N2O4. The van der Waals surface area contributed by atoms with E-state index in [2.05, 4.69) is 5.32 Å². The van der Waals surface area contributed by atoms with Crippen LogP contribution in [-0.4, -0.2) is 17.4 Å². The standard InChI is InChI=1S/C19H22N2O4/c1-4-16(14-8-6-13(3)7-9-14)20-19(22)15-10-11-18(25-5-2)17(12-15)21(23)24/h6-12,16H,4-5H2,1-3H3,(H,20,22)/t16-/m0/s1. The molecule has 0 aromatic heterocycles. The monoisotopic (exact) mass is 342 g/mol. The Balaban J connectivity index is 2.22. The molecular weight excluding hydrogens is 320 g/mol. The number of hydrogen-bond donors (Lipinski definition) is 1. The van der Waals surface area contributed by atoms with E-state index in [1.165, 1.54) is 18.2 Å². The second-order valence-corrected chi connectivity index (χ2v) is 5.72. The molecule has 1 atom stereocenters. The van der Waals surface area contributed by atoms with E-state index in [9.17, 15) is 14.9 Å². The first-order valence-electron chi connectivity index (χ1n) is 8.24. The average Bonchev–Trinajstić information content (AvgIpc) is 2.60. The second kappa shape index (κ2) is 8.28. The van der Waals surface area contributed by atoms with Gasteiger partial charge in [-0.15, -0.1) is 0 Å². The zero-order valence-electron chi connectivity index (χ0n) is 14.6. The van der Waals surface area contributed by atoms with Crippen LogP contribution in [-0.2, 0) is 0 Å². The molecule has 0 bridgehead atoms. The Labute approximate surface area is 147 Å². The lowest BCUT2D eigenvalue weighted by Gasteiger charge is -2.18. The van der Waals surface area contributed by atoms with E-state index < -0.39 is 4.92 Å². The number of nitrogens with zero attached hydrogens (tertiary/aromatic N) is 1. The average molecular weight is 342 g/mol. The second-order valence-electron chi connectivity index (χ2n) is 5.72. The van der Waals surface area contributed by atoms with Crippen LogP contribution in [0.1, 0.15) is 47.8 Å². The lowest BCUT2D eigenvalue weighted by atomic mass is 10.0. The van der Waals surface area contributed by atoms with E-state index in [1.807, 2.05) is 38.1 Å². The van der Waals surface area contributed by atoms with Crippen molar-refractivity contribution in [3.63, 3.8) is 0 Å². The third-order valence-corrected chi connectivity index (χ3v) is 3.91. The van der Waals surface area contributed by atoms with Crippen LogP contribution in [0.5, 0.6) is 5.75 Å². The highest BCUT2D eigenvalue weighted by Crippen LogP contribution is 2.28. The molecule has 1 amide bonds. The maximum Gasteiger partial charge on any atom is 0.311 e. The van der Waals surface area contributed by atoms with Crippen LogP contribution in [0.3, 0.4) is 0 Å². The zero-order chi connectivity index (χ0) is 18.4. The molecule has 25 heavy (non-hydrogen) atoms. The van der Waals surface area contributed by atoms with Crippen LogP contribution in [0.25, 0.3) is 0 Å². The number of amides is 1. The summed E-state index contributed by atoms with van der Waals surface area (Å²) >= 11 is 0. The molecule has 0 saturated heterocycles. The number of aryl methyl sites for hydroxylation is 1. The van der Waals surface area contributed by atoms with Crippen molar-refractivity contribution < 1.29 is 14.5 Å². The molecule has 0 spiro atoms. The summed E-state index contributed by atoms with van der Waals surface area (Å²) in [5, 5.41) is 14.1. The fraction of sp³-hybridized carbons (Fsp3) is 0.316. The van der Waals surface area contributed by atoms with Crippen LogP contribution in [0.4, 0.5) is 5.69 Å². The van der Waals surface area contributed by atoms with Gasteiger partial charge in [-0.25, -0.2) is 0 Å². The van der Waals surface area contributed by atoms with Crippen molar-refractivity contribution in [1.82, 2.24) is 5.32 Å². The van der Waals surface area contributed by atoms with Gasteiger partial charge in [0.05, 0.1) is 17.6 Å². The summed E-state index contributed by atoms with van der Waals surface area (Å²) in [6, 6.07) is 12.0. The lowest BCUT2D eigenvalue weighted by Crippen LogP contribution is -2.28. The van der Waals surface area contributed by atoms with Crippen LogP contribution in [0.15, 0.2) is 42.5 Å². The van der Waals surface area contributed by atoms with Crippen molar-refractivity contribution in [2.24, 2.45) is 0 Å². The minimum absolute atomic E-state index is 0.154. The first-order valence-corrected chi connectivity index (χ1v) is 8.24. The Kier molecular flexibility index (Phi) is 6.11. The molecule has 6 nitrogen and oxygen atoms in total. The first-order chi connectivity index (χ1) is 12.0. The van der Waals surface area contributed by atoms with Gasteiger partial charge >= 0.3 is 5.69 Å². The SMILES string of the molecule is CCOc1ccc(C(=O)N[C@@H](CC)c2ccc(C)cc2)cc1[N+](=O)[O-]. The molecule has 1 N–H and O–H groups in total. The Hall–Kier alpha value is -2.89. The van der Waals surface area contributed by atoms with Crippen LogP contribution >= 0.6 is 0 Å². The van der Waals surface area contributed by atoms with Gasteiger partial charge in [0.15, 0.2) is 5.75 Å². The molecule has 0 aliphatic rings. The predicted molar refractivity (Wildman–Crippen MR) is 95.9 cm³/mol. The van der Waals surface area contributed by atoms with Gasteiger partial charge in [-0.2, -0.15) is 0 Å². The largest absolute Gasteiger partial charge is 0.487 e. The molecule has 6 heteroatoms. The van der Waals surface area contributed by atoms with Crippen molar-refractivity contribution >= 4 is 11.6 Å². The number of carbonyl (C=O) groups is 1. The van der Waals surface area contributed by atoms with Gasteiger partial charge in [0.25, 0.3) is 5.91 Å². The van der Waals surface area contributed by atoms with E-state index in [1.54, 1.807) is 6.92 Å². The van der Waals surface area contributed by atoms with Crippen molar-refractivity contribution in [3.05, 3.63) is 69.3 Å². The molecule has 2 aromatic rings. The summed E-state index contributed by atoms with van der Waals surface area (Å²) in [6.45, 7) is 6.04. The molecule has 2 rings (SSSR count). The summed E-state index contributed by atoms with van der Waals surface area (Å²) in [7, 11) is 0. The third kappa shape index (κ3) is 4.56. The molecule has 0 heterocycles. The molecule has 2 aromatic carbocycles. The number of nitro benzene ring substituents is 1. The molecule has 0 radical (unpaired) electrons. The highest BCUT2D eigenvalue weighted by atomic mass is 16.6. The summed E-state index contributed by atoms with van der Waals surface area (Å²) < 4.78 is 5.24. The quantitative estimate of drug-likeness (QED) is 0.604. The van der Waals surface area contributed by atoms with Gasteiger partial charge in [0, 0.05) is 11.6 Å². The Bertz CT molecular complexity index is 757. The van der Waals surface area contributed by atoms with Crippen LogP contribution in [0.2, 0.25) is 0 Å². The number of nitrogens with one attached hydrogen (secondary N) is 1. The van der Waals surface area contributed by atoms with E-state index in [0.717, 1.165) is 11.1 Å². The van der Waals surface area contributed by atoms with Gasteiger partial charge in [-0.1, -0.05) is 36.8 Å². The Morgan fingerprint density at radius 3 is 2.44 bits per heavy atom. The molecule has 0 aliphatic carbocycles. The molecule has 132 valence electrons. The Morgan fingerprint density at radius 2 is 1.88 bits per heavy atom. The number of carbonyl (C=O) groups excluding carboxylic acids is 1. The van der Waals surface area contributed by atoms with Crippen LogP contribution in [0, 0.1) is 17.0 Å². The molecule has 0 aliphatic heterocycles. The van der Waals surface area contributed by atoms with E-state index in [0.29, 0.717) is 13.0 Å². The summed E-state index contributed by atoms with van der Waals surface area (Å²) in [5.41, 5.74) is 2.17. The smallest absolute Gasteiger partial charge is 0.311 e. The minimum Gasteiger partial charge on any atom is -0.487 e. The summed E-state index contributed by atoms with van der Waals surface area (Å²) in [5.74, 6) is -0.187. The van der Waals surface area contributed by atoms with Gasteiger partial charge < -0.3 is 10.1 Å². The van der Waals surface area contributed by atoms with E-state index in [-0.39, 0.29) is 28.9 Å². The zero-order valence-corrected chi connectivity index (χ0v) is 14.6. The number of ether oxygens (including phenoxy) is 1. The van der Waals surface area contributed by atoms with Crippen LogP contribution < -0.4 is 10.1 Å². The molecule has 0 saturated carbocycles. The highest BCUT2D eigenvalue weighted by molar-refractivity contribution is 5.95. The van der Waals surface area contributed by atoms with E-state index >= 15 is 0 Å². The molecule has 0 fully saturated rings. The van der Waals surface area contributed by atoms with Crippen molar-refractivity contribution in [3.8, 4) is 5.75 Å². The fourth-order valence-electron chi connectivity index (χ4n) is 2.54. The summed E-state index contributed by atoms with van der Waals surface area (Å²) in [6.07, 6.45) is 0.716. The molecule has 0 unspecified atom stereocenters. The third-order valence-electron chi connectivity index (χ3n) is 3.91. The normalized spacial score (nSPS) is 11.6. The van der Waals surface area contributed by atoms with Gasteiger partial charge in [0.1, 0.15) is 0 Å².